The van der Waals surface area contributed by atoms with Gasteiger partial charge in [0, 0.05) is 21.8 Å². The highest BCUT2D eigenvalue weighted by Gasteiger charge is 2.53. The number of fused-ring (bicyclic) bond motifs is 2. The van der Waals surface area contributed by atoms with Gasteiger partial charge in [-0.25, -0.2) is 9.59 Å². The third-order valence-electron chi connectivity index (χ3n) is 6.69. The number of carbonyl (C=O) groups is 2. The number of carbonyl (C=O) groups excluding carboxylic acids is 2. The molecule has 3 aromatic carbocycles. The van der Waals surface area contributed by atoms with Gasteiger partial charge in [0.05, 0.1) is 12.2 Å². The van der Waals surface area contributed by atoms with Crippen molar-refractivity contribution in [2.75, 3.05) is 4.90 Å². The molecule has 1 atom stereocenters. The summed E-state index contributed by atoms with van der Waals surface area (Å²) in [6.07, 6.45) is -0.987. The lowest BCUT2D eigenvalue weighted by Gasteiger charge is -2.32. The Bertz CT molecular complexity index is 1740. The van der Waals surface area contributed by atoms with Crippen LogP contribution in [0.5, 0.6) is 0 Å². The van der Waals surface area contributed by atoms with E-state index in [1.807, 2.05) is 48.5 Å². The molecule has 1 aliphatic rings. The first-order valence-corrected chi connectivity index (χ1v) is 13.4. The van der Waals surface area contributed by atoms with Crippen LogP contribution in [-0.4, -0.2) is 17.6 Å². The SMILES string of the molecule is CC(C)(C)OC(=O)N[C@@]1(Cc2c(C#N)c(=O)oc3ccc(Br)cc23)C(=O)N(Cc2ccccc2)c2ccccc21. The minimum Gasteiger partial charge on any atom is -0.444 e. The molecule has 1 N–H and O–H groups in total. The van der Waals surface area contributed by atoms with Crippen LogP contribution in [0.2, 0.25) is 0 Å². The molecular formula is C31H26BrN3O5. The molecule has 0 radical (unpaired) electrons. The number of para-hydroxylation sites is 1. The van der Waals surface area contributed by atoms with Crippen molar-refractivity contribution in [2.24, 2.45) is 0 Å². The number of amides is 2. The van der Waals surface area contributed by atoms with Crippen LogP contribution in [-0.2, 0) is 28.0 Å². The Morgan fingerprint density at radius 3 is 2.48 bits per heavy atom. The monoisotopic (exact) mass is 599 g/mol. The third-order valence-corrected chi connectivity index (χ3v) is 7.19. The zero-order valence-electron chi connectivity index (χ0n) is 22.2. The smallest absolute Gasteiger partial charge is 0.408 e. The van der Waals surface area contributed by atoms with E-state index in [9.17, 15) is 19.6 Å². The van der Waals surface area contributed by atoms with Crippen LogP contribution in [0.3, 0.4) is 0 Å². The molecule has 2 amide bonds. The molecule has 0 saturated carbocycles. The van der Waals surface area contributed by atoms with Crippen molar-refractivity contribution in [2.45, 2.75) is 44.9 Å². The molecule has 40 heavy (non-hydrogen) atoms. The zero-order chi connectivity index (χ0) is 28.7. The van der Waals surface area contributed by atoms with E-state index in [4.69, 9.17) is 9.15 Å². The molecule has 2 heterocycles. The lowest BCUT2D eigenvalue weighted by atomic mass is 9.82. The summed E-state index contributed by atoms with van der Waals surface area (Å²) < 4.78 is 11.7. The summed E-state index contributed by atoms with van der Waals surface area (Å²) in [5.74, 6) is -0.413. The van der Waals surface area contributed by atoms with E-state index >= 15 is 0 Å². The standard InChI is InChI=1S/C31H26BrN3O5/c1-30(2,3)40-29(38)34-31(16-22-21-15-20(32)13-14-26(21)39-27(36)23(22)17-33)24-11-7-8-12-25(24)35(28(31)37)18-19-9-5-4-6-10-19/h4-15H,16,18H2,1-3H3,(H,34,38)/t31-/m1/s1. The number of nitrogens with one attached hydrogen (secondary N) is 1. The van der Waals surface area contributed by atoms with Crippen LogP contribution >= 0.6 is 15.9 Å². The molecule has 0 bridgehead atoms. The Morgan fingerprint density at radius 1 is 1.07 bits per heavy atom. The average molecular weight is 600 g/mol. The van der Waals surface area contributed by atoms with Gasteiger partial charge in [-0.05, 0) is 56.2 Å². The number of rotatable bonds is 5. The van der Waals surface area contributed by atoms with Crippen molar-refractivity contribution in [3.8, 4) is 6.07 Å². The van der Waals surface area contributed by atoms with E-state index < -0.39 is 28.8 Å². The molecule has 1 aromatic heterocycles. The van der Waals surface area contributed by atoms with Crippen molar-refractivity contribution in [1.29, 1.82) is 5.26 Å². The number of alkyl carbamates (subject to hydrolysis) is 1. The fraction of sp³-hybridized carbons (Fsp3) is 0.226. The Hall–Kier alpha value is -4.42. The first-order chi connectivity index (χ1) is 19.0. The summed E-state index contributed by atoms with van der Waals surface area (Å²) in [6, 6.07) is 23.7. The number of benzene rings is 3. The van der Waals surface area contributed by atoms with Gasteiger partial charge in [0.2, 0.25) is 0 Å². The Morgan fingerprint density at radius 2 is 1.77 bits per heavy atom. The summed E-state index contributed by atoms with van der Waals surface area (Å²) in [6.45, 7) is 5.44. The van der Waals surface area contributed by atoms with Crippen LogP contribution in [0.25, 0.3) is 11.0 Å². The van der Waals surface area contributed by atoms with Crippen molar-refractivity contribution in [1.82, 2.24) is 5.32 Å². The summed E-state index contributed by atoms with van der Waals surface area (Å²) in [7, 11) is 0. The van der Waals surface area contributed by atoms with Gasteiger partial charge < -0.3 is 19.4 Å². The predicted molar refractivity (Wildman–Crippen MR) is 154 cm³/mol. The van der Waals surface area contributed by atoms with E-state index in [1.54, 1.807) is 56.0 Å². The lowest BCUT2D eigenvalue weighted by molar-refractivity contribution is -0.124. The maximum Gasteiger partial charge on any atom is 0.408 e. The Balaban J connectivity index is 1.74. The van der Waals surface area contributed by atoms with Crippen LogP contribution in [0, 0.1) is 11.3 Å². The molecule has 0 spiro atoms. The number of anilines is 1. The van der Waals surface area contributed by atoms with Gasteiger partial charge in [-0.2, -0.15) is 5.26 Å². The quantitative estimate of drug-likeness (QED) is 0.284. The molecule has 202 valence electrons. The average Bonchev–Trinajstić information content (AvgIpc) is 3.11. The Kier molecular flexibility index (Phi) is 6.98. The van der Waals surface area contributed by atoms with E-state index in [0.29, 0.717) is 21.1 Å². The molecule has 5 rings (SSSR count). The number of nitrogens with zero attached hydrogens (tertiary/aromatic N) is 2. The predicted octanol–water partition coefficient (Wildman–Crippen LogP) is 5.94. The van der Waals surface area contributed by atoms with Gasteiger partial charge in [-0.15, -0.1) is 0 Å². The minimum absolute atomic E-state index is 0.186. The van der Waals surface area contributed by atoms with Gasteiger partial charge >= 0.3 is 11.7 Å². The number of hydrogen-bond donors (Lipinski definition) is 1. The highest BCUT2D eigenvalue weighted by molar-refractivity contribution is 9.10. The maximum absolute atomic E-state index is 14.5. The number of ether oxygens (including phenoxy) is 1. The normalized spacial score (nSPS) is 16.5. The lowest BCUT2D eigenvalue weighted by Crippen LogP contribution is -2.55. The van der Waals surface area contributed by atoms with Crippen molar-refractivity contribution >= 4 is 44.6 Å². The van der Waals surface area contributed by atoms with Crippen LogP contribution < -0.4 is 15.8 Å². The van der Waals surface area contributed by atoms with E-state index in [2.05, 4.69) is 21.2 Å². The zero-order valence-corrected chi connectivity index (χ0v) is 23.7. The first-order valence-electron chi connectivity index (χ1n) is 12.6. The number of hydrogen-bond acceptors (Lipinski definition) is 6. The fourth-order valence-corrected chi connectivity index (χ4v) is 5.42. The highest BCUT2D eigenvalue weighted by atomic mass is 79.9. The second-order valence-electron chi connectivity index (χ2n) is 10.6. The second kappa shape index (κ2) is 10.3. The van der Waals surface area contributed by atoms with Crippen LogP contribution in [0.15, 0.2) is 86.5 Å². The molecule has 1 aliphatic heterocycles. The molecular weight excluding hydrogens is 574 g/mol. The first kappa shape index (κ1) is 27.2. The fourth-order valence-electron chi connectivity index (χ4n) is 5.06. The van der Waals surface area contributed by atoms with E-state index in [-0.39, 0.29) is 29.7 Å². The summed E-state index contributed by atoms with van der Waals surface area (Å²) >= 11 is 3.45. The molecule has 0 aliphatic carbocycles. The molecule has 8 nitrogen and oxygen atoms in total. The summed E-state index contributed by atoms with van der Waals surface area (Å²) in [4.78, 5) is 42.3. The third kappa shape index (κ3) is 4.98. The number of nitriles is 1. The molecule has 0 saturated heterocycles. The van der Waals surface area contributed by atoms with Gasteiger partial charge in [-0.3, -0.25) is 4.79 Å². The maximum atomic E-state index is 14.5. The second-order valence-corrected chi connectivity index (χ2v) is 11.5. The number of halogens is 1. The Labute approximate surface area is 239 Å². The molecule has 0 unspecified atom stereocenters. The summed E-state index contributed by atoms with van der Waals surface area (Å²) in [5.41, 5.74) is -0.984. The van der Waals surface area contributed by atoms with Crippen molar-refractivity contribution < 1.29 is 18.7 Å². The van der Waals surface area contributed by atoms with Gasteiger partial charge in [0.1, 0.15) is 22.8 Å². The highest BCUT2D eigenvalue weighted by Crippen LogP contribution is 2.44. The largest absolute Gasteiger partial charge is 0.444 e. The molecule has 0 fully saturated rings. The van der Waals surface area contributed by atoms with Gasteiger partial charge in [0.15, 0.2) is 5.54 Å². The molecule has 9 heteroatoms. The summed E-state index contributed by atoms with van der Waals surface area (Å²) in [5, 5.41) is 13.3. The topological polar surface area (TPSA) is 113 Å². The van der Waals surface area contributed by atoms with E-state index in [1.165, 1.54) is 0 Å². The van der Waals surface area contributed by atoms with Crippen molar-refractivity contribution in [3.63, 3.8) is 0 Å². The van der Waals surface area contributed by atoms with Crippen molar-refractivity contribution in [3.05, 3.63) is 110 Å². The van der Waals surface area contributed by atoms with E-state index in [0.717, 1.165) is 5.56 Å². The van der Waals surface area contributed by atoms with Crippen LogP contribution in [0.1, 0.15) is 43.0 Å². The van der Waals surface area contributed by atoms with Gasteiger partial charge in [-0.1, -0.05) is 64.5 Å². The van der Waals surface area contributed by atoms with Gasteiger partial charge in [0.25, 0.3) is 5.91 Å². The molecule has 4 aromatic rings. The van der Waals surface area contributed by atoms with Crippen LogP contribution in [0.4, 0.5) is 10.5 Å². The minimum atomic E-state index is -1.68.